The van der Waals surface area contributed by atoms with Crippen LogP contribution in [0.4, 0.5) is 11.4 Å². The molecule has 2 saturated heterocycles. The highest BCUT2D eigenvalue weighted by molar-refractivity contribution is 5.93. The van der Waals surface area contributed by atoms with Crippen molar-refractivity contribution in [1.82, 2.24) is 4.90 Å². The van der Waals surface area contributed by atoms with Gasteiger partial charge in [-0.05, 0) is 56.0 Å². The zero-order valence-corrected chi connectivity index (χ0v) is 18.0. The van der Waals surface area contributed by atoms with Crippen LogP contribution < -0.4 is 15.0 Å². The molecule has 6 heteroatoms. The van der Waals surface area contributed by atoms with Crippen molar-refractivity contribution in [2.45, 2.75) is 32.1 Å². The Labute approximate surface area is 184 Å². The lowest BCUT2D eigenvalue weighted by molar-refractivity contribution is -0.135. The van der Waals surface area contributed by atoms with E-state index in [1.165, 1.54) is 12.8 Å². The summed E-state index contributed by atoms with van der Waals surface area (Å²) < 4.78 is 5.64. The molecule has 0 radical (unpaired) electrons. The molecule has 2 aliphatic heterocycles. The molecule has 0 spiro atoms. The van der Waals surface area contributed by atoms with Gasteiger partial charge in [0.15, 0.2) is 0 Å². The number of piperidine rings is 1. The van der Waals surface area contributed by atoms with Gasteiger partial charge in [-0.1, -0.05) is 24.3 Å². The topological polar surface area (TPSA) is 61.9 Å². The maximum Gasteiger partial charge on any atom is 0.229 e. The zero-order valence-electron chi connectivity index (χ0n) is 18.0. The zero-order chi connectivity index (χ0) is 21.5. The molecule has 31 heavy (non-hydrogen) atoms. The number of nitrogens with zero attached hydrogens (tertiary/aromatic N) is 2. The van der Waals surface area contributed by atoms with Crippen LogP contribution in [-0.4, -0.2) is 49.5 Å². The second-order valence-electron chi connectivity index (χ2n) is 8.32. The van der Waals surface area contributed by atoms with E-state index >= 15 is 0 Å². The fourth-order valence-corrected chi connectivity index (χ4v) is 4.35. The lowest BCUT2D eigenvalue weighted by Gasteiger charge is -2.32. The molecule has 1 atom stereocenters. The first-order chi connectivity index (χ1) is 15.2. The first-order valence-electron chi connectivity index (χ1n) is 11.3. The summed E-state index contributed by atoms with van der Waals surface area (Å²) in [4.78, 5) is 29.7. The minimum absolute atomic E-state index is 0.00314. The van der Waals surface area contributed by atoms with Gasteiger partial charge >= 0.3 is 0 Å². The Morgan fingerprint density at radius 1 is 0.968 bits per heavy atom. The van der Waals surface area contributed by atoms with Crippen molar-refractivity contribution in [2.75, 3.05) is 43.0 Å². The van der Waals surface area contributed by atoms with Crippen molar-refractivity contribution in [3.8, 4) is 5.75 Å². The number of anilines is 2. The Morgan fingerprint density at radius 3 is 2.58 bits per heavy atom. The minimum Gasteiger partial charge on any atom is -0.493 e. The van der Waals surface area contributed by atoms with Crippen LogP contribution in [0.2, 0.25) is 0 Å². The van der Waals surface area contributed by atoms with Crippen LogP contribution in [0.1, 0.15) is 32.1 Å². The average Bonchev–Trinajstić information content (AvgIpc) is 3.35. The van der Waals surface area contributed by atoms with E-state index in [0.717, 1.165) is 43.1 Å². The number of ether oxygens (including phenoxy) is 1. The van der Waals surface area contributed by atoms with E-state index in [9.17, 15) is 9.59 Å². The summed E-state index contributed by atoms with van der Waals surface area (Å²) in [6, 6.07) is 17.6. The van der Waals surface area contributed by atoms with Crippen LogP contribution in [0.25, 0.3) is 0 Å². The number of hydrogen-bond donors (Lipinski definition) is 1. The van der Waals surface area contributed by atoms with Crippen molar-refractivity contribution < 1.29 is 14.3 Å². The Bertz CT molecular complexity index is 881. The van der Waals surface area contributed by atoms with Gasteiger partial charge in [0.1, 0.15) is 5.75 Å². The lowest BCUT2D eigenvalue weighted by atomic mass is 9.96. The molecule has 2 amide bonds. The van der Waals surface area contributed by atoms with Gasteiger partial charge < -0.3 is 19.9 Å². The van der Waals surface area contributed by atoms with Crippen molar-refractivity contribution in [3.05, 3.63) is 54.6 Å². The third kappa shape index (κ3) is 5.78. The van der Waals surface area contributed by atoms with Gasteiger partial charge in [0.25, 0.3) is 0 Å². The van der Waals surface area contributed by atoms with Crippen molar-refractivity contribution in [2.24, 2.45) is 5.92 Å². The molecule has 0 aliphatic carbocycles. The van der Waals surface area contributed by atoms with Crippen molar-refractivity contribution in [1.29, 1.82) is 0 Å². The maximum absolute atomic E-state index is 12.9. The molecular formula is C25H31N3O3. The fraction of sp³-hybridized carbons (Fsp3) is 0.440. The van der Waals surface area contributed by atoms with E-state index in [-0.39, 0.29) is 17.7 Å². The van der Waals surface area contributed by atoms with Gasteiger partial charge in [-0.25, -0.2) is 0 Å². The molecule has 0 aromatic heterocycles. The number of hydrogen-bond acceptors (Lipinski definition) is 4. The quantitative estimate of drug-likeness (QED) is 0.736. The molecule has 2 heterocycles. The van der Waals surface area contributed by atoms with Crippen LogP contribution in [0.5, 0.6) is 5.75 Å². The number of likely N-dealkylation sites (tertiary alicyclic amines) is 1. The molecule has 2 aromatic rings. The van der Waals surface area contributed by atoms with Crippen molar-refractivity contribution >= 4 is 23.2 Å². The first-order valence-corrected chi connectivity index (χ1v) is 11.3. The first kappa shape index (κ1) is 21.2. The molecule has 164 valence electrons. The standard InChI is InChI=1S/C25H31N3O3/c29-24(13-17-31-23-11-2-1-3-12-23)28-16-7-8-20(19-28)25(30)26-21-9-6-10-22(18-21)27-14-4-5-15-27/h1-3,6,9-12,18,20H,4-5,7-8,13-17,19H2,(H,26,30)/t20-/m1/s1. The Balaban J connectivity index is 1.27. The average molecular weight is 422 g/mol. The van der Waals surface area contributed by atoms with Gasteiger partial charge in [-0.15, -0.1) is 0 Å². The van der Waals surface area contributed by atoms with Crippen molar-refractivity contribution in [3.63, 3.8) is 0 Å². The number of benzene rings is 2. The number of nitrogens with one attached hydrogen (secondary N) is 1. The van der Waals surface area contributed by atoms with E-state index in [1.54, 1.807) is 0 Å². The molecule has 4 rings (SSSR count). The Hall–Kier alpha value is -3.02. The lowest BCUT2D eigenvalue weighted by Crippen LogP contribution is -2.44. The molecule has 2 fully saturated rings. The van der Waals surface area contributed by atoms with Gasteiger partial charge in [0.05, 0.1) is 18.9 Å². The number of rotatable bonds is 7. The molecule has 0 unspecified atom stereocenters. The number of carbonyl (C=O) groups is 2. The van der Waals surface area contributed by atoms with Gasteiger partial charge in [0.2, 0.25) is 11.8 Å². The van der Waals surface area contributed by atoms with Crippen LogP contribution in [-0.2, 0) is 9.59 Å². The van der Waals surface area contributed by atoms with E-state index < -0.39 is 0 Å². The minimum atomic E-state index is -0.178. The second-order valence-corrected chi connectivity index (χ2v) is 8.32. The van der Waals surface area contributed by atoms with Crippen LogP contribution in [0.15, 0.2) is 54.6 Å². The number of carbonyl (C=O) groups excluding carboxylic acids is 2. The molecule has 1 N–H and O–H groups in total. The number of amides is 2. The number of para-hydroxylation sites is 1. The Kier molecular flexibility index (Phi) is 7.07. The van der Waals surface area contributed by atoms with Crippen LogP contribution in [0.3, 0.4) is 0 Å². The molecule has 0 bridgehead atoms. The molecule has 2 aromatic carbocycles. The largest absolute Gasteiger partial charge is 0.493 e. The summed E-state index contributed by atoms with van der Waals surface area (Å²) in [5.74, 6) is 0.631. The van der Waals surface area contributed by atoms with Crippen LogP contribution >= 0.6 is 0 Å². The van der Waals surface area contributed by atoms with E-state index in [4.69, 9.17) is 4.74 Å². The van der Waals surface area contributed by atoms with Gasteiger partial charge in [-0.2, -0.15) is 0 Å². The molecule has 0 saturated carbocycles. The summed E-state index contributed by atoms with van der Waals surface area (Å²) in [5.41, 5.74) is 1.99. The second kappa shape index (κ2) is 10.3. The van der Waals surface area contributed by atoms with E-state index in [0.29, 0.717) is 26.1 Å². The fourth-order valence-electron chi connectivity index (χ4n) is 4.35. The normalized spacial score (nSPS) is 18.6. The highest BCUT2D eigenvalue weighted by Gasteiger charge is 2.28. The highest BCUT2D eigenvalue weighted by atomic mass is 16.5. The van der Waals surface area contributed by atoms with E-state index in [2.05, 4.69) is 22.3 Å². The summed E-state index contributed by atoms with van der Waals surface area (Å²) in [6.07, 6.45) is 4.41. The summed E-state index contributed by atoms with van der Waals surface area (Å²) in [5, 5.41) is 3.07. The summed E-state index contributed by atoms with van der Waals surface area (Å²) >= 11 is 0. The molecule has 6 nitrogen and oxygen atoms in total. The van der Waals surface area contributed by atoms with Gasteiger partial charge in [0, 0.05) is 37.6 Å². The van der Waals surface area contributed by atoms with Crippen LogP contribution in [0, 0.1) is 5.92 Å². The highest BCUT2D eigenvalue weighted by Crippen LogP contribution is 2.25. The third-order valence-corrected chi connectivity index (χ3v) is 6.06. The smallest absolute Gasteiger partial charge is 0.229 e. The summed E-state index contributed by atoms with van der Waals surface area (Å²) in [7, 11) is 0. The monoisotopic (exact) mass is 421 g/mol. The third-order valence-electron chi connectivity index (χ3n) is 6.06. The predicted molar refractivity (Wildman–Crippen MR) is 122 cm³/mol. The predicted octanol–water partition coefficient (Wildman–Crippen LogP) is 3.93. The molecular weight excluding hydrogens is 390 g/mol. The summed E-state index contributed by atoms with van der Waals surface area (Å²) in [6.45, 7) is 3.68. The van der Waals surface area contributed by atoms with Gasteiger partial charge in [-0.3, -0.25) is 9.59 Å². The molecule has 2 aliphatic rings. The Morgan fingerprint density at radius 2 is 1.77 bits per heavy atom. The van der Waals surface area contributed by atoms with E-state index in [1.807, 2.05) is 47.4 Å². The SMILES string of the molecule is O=C(Nc1cccc(N2CCCC2)c1)[C@@H]1CCCN(C(=O)CCOc2ccccc2)C1. The maximum atomic E-state index is 12.9.